The highest BCUT2D eigenvalue weighted by Gasteiger charge is 2.25. The lowest BCUT2D eigenvalue weighted by Crippen LogP contribution is -2.30. The second-order valence-electron chi connectivity index (χ2n) is 5.54. The smallest absolute Gasteiger partial charge is 0.289 e. The molecule has 0 saturated carbocycles. The Kier molecular flexibility index (Phi) is 5.81. The molecule has 0 atom stereocenters. The minimum Gasteiger partial charge on any atom is -0.491 e. The van der Waals surface area contributed by atoms with Crippen molar-refractivity contribution in [1.82, 2.24) is 15.2 Å². The standard InChI is InChI=1S/C17H14ClN7O4/c1-29-15-14(17(26)20-19)23-24(13-4-2-3-10(18)9-13)16(15)22-21-11-5-7-12(8-6-11)25(27)28/h2-9H,19H2,1H3,(H,20,26). The summed E-state index contributed by atoms with van der Waals surface area (Å²) in [6.07, 6.45) is 0. The molecule has 3 N–H and O–H groups in total. The van der Waals surface area contributed by atoms with E-state index in [2.05, 4.69) is 15.3 Å². The number of carbonyl (C=O) groups excluding carboxylic acids is 1. The molecule has 0 spiro atoms. The summed E-state index contributed by atoms with van der Waals surface area (Å²) in [5, 5.41) is 23.6. The zero-order chi connectivity index (χ0) is 21.0. The molecule has 0 aliphatic carbocycles. The van der Waals surface area contributed by atoms with Crippen LogP contribution in [0.3, 0.4) is 0 Å². The predicted octanol–water partition coefficient (Wildman–Crippen LogP) is 3.46. The highest BCUT2D eigenvalue weighted by atomic mass is 35.5. The Morgan fingerprint density at radius 2 is 2.00 bits per heavy atom. The molecule has 0 bridgehead atoms. The number of amides is 1. The summed E-state index contributed by atoms with van der Waals surface area (Å²) in [5.74, 6) is 4.68. The lowest BCUT2D eigenvalue weighted by atomic mass is 10.3. The van der Waals surface area contributed by atoms with Crippen LogP contribution in [0.4, 0.5) is 17.2 Å². The average molecular weight is 416 g/mol. The van der Waals surface area contributed by atoms with Gasteiger partial charge in [-0.3, -0.25) is 20.3 Å². The number of nitrogens with zero attached hydrogens (tertiary/aromatic N) is 5. The van der Waals surface area contributed by atoms with Gasteiger partial charge in [0, 0.05) is 17.2 Å². The Hall–Kier alpha value is -3.83. The van der Waals surface area contributed by atoms with Gasteiger partial charge >= 0.3 is 0 Å². The number of hydrogen-bond donors (Lipinski definition) is 2. The van der Waals surface area contributed by atoms with E-state index < -0.39 is 10.8 Å². The number of benzene rings is 2. The van der Waals surface area contributed by atoms with Crippen LogP contribution in [0.15, 0.2) is 58.8 Å². The number of rotatable bonds is 6. The minimum atomic E-state index is -0.686. The zero-order valence-electron chi connectivity index (χ0n) is 14.9. The average Bonchev–Trinajstić information content (AvgIpc) is 3.10. The van der Waals surface area contributed by atoms with Gasteiger partial charge in [-0.15, -0.1) is 10.2 Å². The number of azo groups is 1. The van der Waals surface area contributed by atoms with E-state index in [4.69, 9.17) is 22.2 Å². The molecule has 1 amide bonds. The highest BCUT2D eigenvalue weighted by molar-refractivity contribution is 6.30. The van der Waals surface area contributed by atoms with E-state index in [0.29, 0.717) is 16.4 Å². The maximum Gasteiger partial charge on any atom is 0.289 e. The number of aromatic nitrogens is 2. The van der Waals surface area contributed by atoms with Crippen LogP contribution in [0.1, 0.15) is 10.5 Å². The van der Waals surface area contributed by atoms with E-state index in [-0.39, 0.29) is 22.9 Å². The number of halogens is 1. The van der Waals surface area contributed by atoms with Crippen LogP contribution >= 0.6 is 11.6 Å². The van der Waals surface area contributed by atoms with Gasteiger partial charge in [-0.25, -0.2) is 10.5 Å². The monoisotopic (exact) mass is 415 g/mol. The number of nitro benzene ring substituents is 1. The summed E-state index contributed by atoms with van der Waals surface area (Å²) in [4.78, 5) is 22.3. The Bertz CT molecular complexity index is 1100. The fourth-order valence-electron chi connectivity index (χ4n) is 2.42. The van der Waals surface area contributed by atoms with Crippen LogP contribution < -0.4 is 16.0 Å². The fourth-order valence-corrected chi connectivity index (χ4v) is 2.61. The molecule has 0 aliphatic heterocycles. The molecular weight excluding hydrogens is 402 g/mol. The van der Waals surface area contributed by atoms with Crippen LogP contribution in [0.25, 0.3) is 5.69 Å². The first kappa shape index (κ1) is 19.9. The number of non-ortho nitro benzene ring substituents is 1. The third kappa shape index (κ3) is 4.20. The van der Waals surface area contributed by atoms with Gasteiger partial charge in [0.1, 0.15) is 0 Å². The molecule has 0 unspecified atom stereocenters. The molecule has 11 nitrogen and oxygen atoms in total. The maximum absolute atomic E-state index is 12.1. The van der Waals surface area contributed by atoms with Crippen LogP contribution in [0.5, 0.6) is 5.75 Å². The summed E-state index contributed by atoms with van der Waals surface area (Å²) < 4.78 is 6.62. The van der Waals surface area contributed by atoms with E-state index in [1.165, 1.54) is 36.1 Å². The van der Waals surface area contributed by atoms with E-state index in [1.54, 1.807) is 24.3 Å². The van der Waals surface area contributed by atoms with Crippen molar-refractivity contribution in [3.8, 4) is 11.4 Å². The van der Waals surface area contributed by atoms with Crippen molar-refractivity contribution in [2.24, 2.45) is 16.1 Å². The van der Waals surface area contributed by atoms with Crippen LogP contribution in [-0.4, -0.2) is 27.7 Å². The lowest BCUT2D eigenvalue weighted by molar-refractivity contribution is -0.384. The number of hydrogen-bond acceptors (Lipinski definition) is 8. The summed E-state index contributed by atoms with van der Waals surface area (Å²) in [6, 6.07) is 12.2. The molecule has 1 aromatic heterocycles. The lowest BCUT2D eigenvalue weighted by Gasteiger charge is -2.04. The SMILES string of the molecule is COc1c(C(=O)NN)nn(-c2cccc(Cl)c2)c1N=Nc1ccc([N+](=O)[O-])cc1. The molecule has 2 aromatic carbocycles. The van der Waals surface area contributed by atoms with E-state index >= 15 is 0 Å². The summed E-state index contributed by atoms with van der Waals surface area (Å²) in [6.45, 7) is 0. The van der Waals surface area contributed by atoms with E-state index in [0.717, 1.165) is 0 Å². The van der Waals surface area contributed by atoms with Gasteiger partial charge in [0.05, 0.1) is 23.4 Å². The number of nitrogens with one attached hydrogen (secondary N) is 1. The first-order valence-corrected chi connectivity index (χ1v) is 8.42. The summed E-state index contributed by atoms with van der Waals surface area (Å²) >= 11 is 6.05. The summed E-state index contributed by atoms with van der Waals surface area (Å²) in [5.41, 5.74) is 2.67. The van der Waals surface area contributed by atoms with Crippen molar-refractivity contribution in [2.45, 2.75) is 0 Å². The molecular formula is C17H14ClN7O4. The van der Waals surface area contributed by atoms with E-state index in [1.807, 2.05) is 5.43 Å². The molecule has 12 heteroatoms. The van der Waals surface area contributed by atoms with Crippen LogP contribution in [0.2, 0.25) is 5.02 Å². The Morgan fingerprint density at radius 3 is 2.59 bits per heavy atom. The van der Waals surface area contributed by atoms with Gasteiger partial charge in [0.15, 0.2) is 11.4 Å². The van der Waals surface area contributed by atoms with Crippen molar-refractivity contribution in [1.29, 1.82) is 0 Å². The predicted molar refractivity (Wildman–Crippen MR) is 104 cm³/mol. The number of carbonyl (C=O) groups is 1. The van der Waals surface area contributed by atoms with Crippen molar-refractivity contribution in [3.63, 3.8) is 0 Å². The Labute approximate surface area is 168 Å². The molecule has 0 aliphatic rings. The minimum absolute atomic E-state index is 0.0404. The van der Waals surface area contributed by atoms with Gasteiger partial charge in [0.25, 0.3) is 11.6 Å². The van der Waals surface area contributed by atoms with Crippen LogP contribution in [-0.2, 0) is 0 Å². The summed E-state index contributed by atoms with van der Waals surface area (Å²) in [7, 11) is 1.34. The first-order valence-electron chi connectivity index (χ1n) is 8.04. The number of nitro groups is 1. The van der Waals surface area contributed by atoms with Gasteiger partial charge in [-0.2, -0.15) is 5.10 Å². The molecule has 1 heterocycles. The fraction of sp³-hybridized carbons (Fsp3) is 0.0588. The van der Waals surface area contributed by atoms with Crippen LogP contribution in [0, 0.1) is 10.1 Å². The first-order chi connectivity index (χ1) is 13.9. The quantitative estimate of drug-likeness (QED) is 0.207. The second-order valence-corrected chi connectivity index (χ2v) is 5.98. The Morgan fingerprint density at radius 1 is 1.28 bits per heavy atom. The van der Waals surface area contributed by atoms with Crippen molar-refractivity contribution in [2.75, 3.05) is 7.11 Å². The zero-order valence-corrected chi connectivity index (χ0v) is 15.7. The third-order valence-corrected chi connectivity index (χ3v) is 3.98. The molecule has 29 heavy (non-hydrogen) atoms. The number of nitrogens with two attached hydrogens (primary N) is 1. The number of methoxy groups -OCH3 is 1. The number of ether oxygens (including phenoxy) is 1. The topological polar surface area (TPSA) is 150 Å². The number of nitrogen functional groups attached to an aromatic ring is 1. The van der Waals surface area contributed by atoms with Gasteiger partial charge in [0.2, 0.25) is 5.82 Å². The molecule has 0 fully saturated rings. The molecule has 3 rings (SSSR count). The second kappa shape index (κ2) is 8.46. The highest BCUT2D eigenvalue weighted by Crippen LogP contribution is 2.35. The molecule has 0 saturated heterocycles. The molecule has 148 valence electrons. The van der Waals surface area contributed by atoms with Gasteiger partial charge in [-0.1, -0.05) is 17.7 Å². The van der Waals surface area contributed by atoms with E-state index in [9.17, 15) is 14.9 Å². The van der Waals surface area contributed by atoms with Gasteiger partial charge in [-0.05, 0) is 30.3 Å². The molecule has 3 aromatic rings. The Balaban J connectivity index is 2.11. The van der Waals surface area contributed by atoms with Crippen molar-refractivity contribution in [3.05, 3.63) is 69.4 Å². The molecule has 0 radical (unpaired) electrons. The van der Waals surface area contributed by atoms with Crippen molar-refractivity contribution < 1.29 is 14.5 Å². The maximum atomic E-state index is 12.1. The van der Waals surface area contributed by atoms with Crippen molar-refractivity contribution >= 4 is 34.7 Å². The number of hydrazine groups is 1. The largest absolute Gasteiger partial charge is 0.491 e. The third-order valence-electron chi connectivity index (χ3n) is 3.74. The van der Waals surface area contributed by atoms with Gasteiger partial charge < -0.3 is 4.74 Å². The normalized spacial score (nSPS) is 10.9.